The lowest BCUT2D eigenvalue weighted by Gasteiger charge is -2.10. The van der Waals surface area contributed by atoms with Crippen LogP contribution in [0.25, 0.3) is 0 Å². The number of nitriles is 1. The van der Waals surface area contributed by atoms with Crippen molar-refractivity contribution >= 4 is 21.9 Å². The molecule has 90 valence electrons. The van der Waals surface area contributed by atoms with E-state index in [2.05, 4.69) is 22.0 Å². The number of ether oxygens (including phenoxy) is 1. The summed E-state index contributed by atoms with van der Waals surface area (Å²) in [5, 5.41) is 9.60. The van der Waals surface area contributed by atoms with Crippen molar-refractivity contribution in [1.82, 2.24) is 0 Å². The Morgan fingerprint density at radius 3 is 2.59 bits per heavy atom. The second-order valence-corrected chi connectivity index (χ2v) is 4.05. The molecule has 0 aliphatic carbocycles. The minimum atomic E-state index is -0.374. The summed E-state index contributed by atoms with van der Waals surface area (Å²) in [6.07, 6.45) is 0.770. The summed E-state index contributed by atoms with van der Waals surface area (Å²) in [5.41, 5.74) is 2.83. The van der Waals surface area contributed by atoms with Gasteiger partial charge in [0.2, 0.25) is 0 Å². The molecule has 1 aromatic rings. The standard InChI is InChI=1S/C13H14BrNO2/c1-3-9-5-10(7-14)12(6-11(9)8-15)13(16)17-4-2/h5-6H,3-4,7H2,1-2H3. The van der Waals surface area contributed by atoms with Gasteiger partial charge in [-0.2, -0.15) is 5.26 Å². The summed E-state index contributed by atoms with van der Waals surface area (Å²) in [4.78, 5) is 11.7. The zero-order valence-corrected chi connectivity index (χ0v) is 11.5. The third-order valence-electron chi connectivity index (χ3n) is 2.47. The first-order valence-corrected chi connectivity index (χ1v) is 6.59. The molecule has 4 heteroatoms. The Balaban J connectivity index is 3.29. The molecular weight excluding hydrogens is 282 g/mol. The number of benzene rings is 1. The second kappa shape index (κ2) is 6.41. The van der Waals surface area contributed by atoms with Crippen LogP contribution >= 0.6 is 15.9 Å². The van der Waals surface area contributed by atoms with E-state index in [0.29, 0.717) is 23.1 Å². The maximum Gasteiger partial charge on any atom is 0.338 e. The van der Waals surface area contributed by atoms with E-state index < -0.39 is 0 Å². The van der Waals surface area contributed by atoms with Gasteiger partial charge in [-0.25, -0.2) is 4.79 Å². The molecule has 0 saturated heterocycles. The first kappa shape index (κ1) is 13.7. The second-order valence-electron chi connectivity index (χ2n) is 3.49. The number of hydrogen-bond acceptors (Lipinski definition) is 3. The van der Waals surface area contributed by atoms with E-state index in [1.807, 2.05) is 13.0 Å². The van der Waals surface area contributed by atoms with Crippen LogP contribution in [0.15, 0.2) is 12.1 Å². The van der Waals surface area contributed by atoms with Gasteiger partial charge in [-0.05, 0) is 30.5 Å². The predicted octanol–water partition coefficient (Wildman–Crippen LogP) is 3.19. The number of carbonyl (C=O) groups is 1. The summed E-state index contributed by atoms with van der Waals surface area (Å²) >= 11 is 3.35. The normalized spacial score (nSPS) is 9.76. The highest BCUT2D eigenvalue weighted by Crippen LogP contribution is 2.20. The fraction of sp³-hybridized carbons (Fsp3) is 0.385. The zero-order chi connectivity index (χ0) is 12.8. The van der Waals surface area contributed by atoms with Crippen molar-refractivity contribution in [2.75, 3.05) is 6.61 Å². The number of rotatable bonds is 4. The Hall–Kier alpha value is -1.34. The van der Waals surface area contributed by atoms with Crippen molar-refractivity contribution in [3.63, 3.8) is 0 Å². The number of hydrogen-bond donors (Lipinski definition) is 0. The zero-order valence-electron chi connectivity index (χ0n) is 9.92. The van der Waals surface area contributed by atoms with Crippen molar-refractivity contribution in [2.45, 2.75) is 25.6 Å². The van der Waals surface area contributed by atoms with Crippen LogP contribution in [-0.2, 0) is 16.5 Å². The van der Waals surface area contributed by atoms with Gasteiger partial charge in [0.1, 0.15) is 0 Å². The van der Waals surface area contributed by atoms with E-state index in [-0.39, 0.29) is 5.97 Å². The van der Waals surface area contributed by atoms with Gasteiger partial charge >= 0.3 is 5.97 Å². The maximum absolute atomic E-state index is 11.7. The Morgan fingerprint density at radius 2 is 2.12 bits per heavy atom. The highest BCUT2D eigenvalue weighted by molar-refractivity contribution is 9.08. The molecular formula is C13H14BrNO2. The quantitative estimate of drug-likeness (QED) is 0.633. The van der Waals surface area contributed by atoms with Crippen LogP contribution in [0.1, 0.15) is 40.9 Å². The van der Waals surface area contributed by atoms with Crippen molar-refractivity contribution < 1.29 is 9.53 Å². The minimum absolute atomic E-state index is 0.331. The van der Waals surface area contributed by atoms with Gasteiger partial charge in [0, 0.05) is 5.33 Å². The first-order chi connectivity index (χ1) is 8.17. The molecule has 3 nitrogen and oxygen atoms in total. The molecule has 0 fully saturated rings. The van der Waals surface area contributed by atoms with E-state index >= 15 is 0 Å². The van der Waals surface area contributed by atoms with Gasteiger partial charge in [0.15, 0.2) is 0 Å². The fourth-order valence-corrected chi connectivity index (χ4v) is 2.07. The third-order valence-corrected chi connectivity index (χ3v) is 3.07. The van der Waals surface area contributed by atoms with Crippen molar-refractivity contribution in [1.29, 1.82) is 5.26 Å². The van der Waals surface area contributed by atoms with E-state index in [4.69, 9.17) is 10.00 Å². The first-order valence-electron chi connectivity index (χ1n) is 5.46. The Labute approximate surface area is 110 Å². The molecule has 0 aromatic heterocycles. The largest absolute Gasteiger partial charge is 0.462 e. The lowest BCUT2D eigenvalue weighted by atomic mass is 9.98. The number of halogens is 1. The predicted molar refractivity (Wildman–Crippen MR) is 69.1 cm³/mol. The Kier molecular flexibility index (Phi) is 5.17. The molecule has 1 aromatic carbocycles. The van der Waals surface area contributed by atoms with Crippen molar-refractivity contribution in [3.05, 3.63) is 34.4 Å². The summed E-state index contributed by atoms with van der Waals surface area (Å²) < 4.78 is 4.97. The summed E-state index contributed by atoms with van der Waals surface area (Å²) in [6, 6.07) is 5.62. The smallest absolute Gasteiger partial charge is 0.338 e. The van der Waals surface area contributed by atoms with Gasteiger partial charge in [-0.1, -0.05) is 28.9 Å². The molecule has 0 bridgehead atoms. The molecule has 0 unspecified atom stereocenters. The topological polar surface area (TPSA) is 50.1 Å². The van der Waals surface area contributed by atoms with Crippen molar-refractivity contribution in [3.8, 4) is 6.07 Å². The lowest BCUT2D eigenvalue weighted by Crippen LogP contribution is -2.09. The van der Waals surface area contributed by atoms with Gasteiger partial charge in [-0.15, -0.1) is 0 Å². The van der Waals surface area contributed by atoms with Gasteiger partial charge < -0.3 is 4.74 Å². The fourth-order valence-electron chi connectivity index (χ4n) is 1.60. The molecule has 0 aliphatic rings. The van der Waals surface area contributed by atoms with Gasteiger partial charge in [0.05, 0.1) is 23.8 Å². The number of aryl methyl sites for hydroxylation is 1. The number of carbonyl (C=O) groups excluding carboxylic acids is 1. The average Bonchev–Trinajstić information content (AvgIpc) is 2.37. The van der Waals surface area contributed by atoms with Crippen LogP contribution in [-0.4, -0.2) is 12.6 Å². The highest BCUT2D eigenvalue weighted by Gasteiger charge is 2.15. The van der Waals surface area contributed by atoms with E-state index in [1.165, 1.54) is 0 Å². The Morgan fingerprint density at radius 1 is 1.41 bits per heavy atom. The lowest BCUT2D eigenvalue weighted by molar-refractivity contribution is 0.0525. The molecule has 0 aliphatic heterocycles. The van der Waals surface area contributed by atoms with E-state index in [1.54, 1.807) is 13.0 Å². The molecule has 17 heavy (non-hydrogen) atoms. The summed E-state index contributed by atoms with van der Waals surface area (Å²) in [6.45, 7) is 4.08. The van der Waals surface area contributed by atoms with Crippen LogP contribution in [0.2, 0.25) is 0 Å². The third kappa shape index (κ3) is 3.07. The molecule has 0 amide bonds. The molecule has 0 radical (unpaired) electrons. The SMILES string of the molecule is CCOC(=O)c1cc(C#N)c(CC)cc1CBr. The van der Waals surface area contributed by atoms with Crippen LogP contribution in [0, 0.1) is 11.3 Å². The van der Waals surface area contributed by atoms with Gasteiger partial charge in [0.25, 0.3) is 0 Å². The summed E-state index contributed by atoms with van der Waals surface area (Å²) in [5.74, 6) is -0.374. The molecule has 0 heterocycles. The number of nitrogens with zero attached hydrogens (tertiary/aromatic N) is 1. The molecule has 0 saturated carbocycles. The Bertz CT molecular complexity index is 463. The maximum atomic E-state index is 11.7. The van der Waals surface area contributed by atoms with Crippen LogP contribution in [0.3, 0.4) is 0 Å². The molecule has 1 rings (SSSR count). The number of esters is 1. The van der Waals surface area contributed by atoms with Crippen LogP contribution in [0.5, 0.6) is 0 Å². The van der Waals surface area contributed by atoms with Gasteiger partial charge in [-0.3, -0.25) is 0 Å². The number of alkyl halides is 1. The highest BCUT2D eigenvalue weighted by atomic mass is 79.9. The molecule has 0 spiro atoms. The summed E-state index contributed by atoms with van der Waals surface area (Å²) in [7, 11) is 0. The van der Waals surface area contributed by atoms with E-state index in [9.17, 15) is 4.79 Å². The monoisotopic (exact) mass is 295 g/mol. The molecule has 0 atom stereocenters. The van der Waals surface area contributed by atoms with Crippen molar-refractivity contribution in [2.24, 2.45) is 0 Å². The van der Waals surface area contributed by atoms with E-state index in [0.717, 1.165) is 17.5 Å². The van der Waals surface area contributed by atoms with Crippen LogP contribution < -0.4 is 0 Å². The minimum Gasteiger partial charge on any atom is -0.462 e. The molecule has 0 N–H and O–H groups in total. The average molecular weight is 296 g/mol. The van der Waals surface area contributed by atoms with Crippen LogP contribution in [0.4, 0.5) is 0 Å².